The van der Waals surface area contributed by atoms with E-state index in [1.807, 2.05) is 0 Å². The maximum atomic E-state index is 8.92. The van der Waals surface area contributed by atoms with E-state index in [9.17, 15) is 0 Å². The second-order valence-corrected chi connectivity index (χ2v) is 2.69. The Hall–Kier alpha value is -0.200. The Kier molecular flexibility index (Phi) is 1.50. The van der Waals surface area contributed by atoms with Crippen LogP contribution in [0.25, 0.3) is 0 Å². The van der Waals surface area contributed by atoms with E-state index in [1.165, 1.54) is 0 Å². The molecule has 0 spiro atoms. The van der Waals surface area contributed by atoms with Crippen molar-refractivity contribution in [2.45, 2.75) is 30.5 Å². The van der Waals surface area contributed by atoms with Gasteiger partial charge in [0.2, 0.25) is 11.6 Å². The molecular formula is C5H11NO4. The van der Waals surface area contributed by atoms with Gasteiger partial charge < -0.3 is 26.2 Å². The monoisotopic (exact) mass is 149 g/mol. The third-order valence-corrected chi connectivity index (χ3v) is 1.91. The van der Waals surface area contributed by atoms with Gasteiger partial charge in [-0.2, -0.15) is 0 Å². The molecule has 0 aromatic heterocycles. The van der Waals surface area contributed by atoms with Crippen molar-refractivity contribution in [2.24, 2.45) is 5.73 Å². The van der Waals surface area contributed by atoms with Crippen LogP contribution >= 0.6 is 0 Å². The standard InChI is InChI=1S/C5H11NO4/c6-3-1-2-4(7,8)5(3,9)10/h3,7-10H,1-2,6H2. The minimum absolute atomic E-state index is 0.110. The smallest absolute Gasteiger partial charge is 0.234 e. The molecule has 1 rings (SSSR count). The summed E-state index contributed by atoms with van der Waals surface area (Å²) in [4.78, 5) is 0. The van der Waals surface area contributed by atoms with E-state index in [1.54, 1.807) is 0 Å². The van der Waals surface area contributed by atoms with Gasteiger partial charge in [0.15, 0.2) is 0 Å². The van der Waals surface area contributed by atoms with Crippen LogP contribution in [0.4, 0.5) is 0 Å². The summed E-state index contributed by atoms with van der Waals surface area (Å²) in [6.07, 6.45) is 0.0845. The number of aliphatic hydroxyl groups is 4. The fourth-order valence-corrected chi connectivity index (χ4v) is 1.04. The molecule has 1 saturated carbocycles. The molecule has 1 atom stereocenters. The molecule has 1 unspecified atom stereocenters. The van der Waals surface area contributed by atoms with Gasteiger partial charge in [-0.05, 0) is 6.42 Å². The first-order valence-corrected chi connectivity index (χ1v) is 3.03. The fourth-order valence-electron chi connectivity index (χ4n) is 1.04. The lowest BCUT2D eigenvalue weighted by molar-refractivity contribution is -0.343. The van der Waals surface area contributed by atoms with Crippen LogP contribution in [0.15, 0.2) is 0 Å². The first kappa shape index (κ1) is 7.90. The van der Waals surface area contributed by atoms with Crippen LogP contribution in [0.1, 0.15) is 12.8 Å². The zero-order valence-electron chi connectivity index (χ0n) is 5.36. The lowest BCUT2D eigenvalue weighted by Gasteiger charge is -2.30. The minimum Gasteiger partial charge on any atom is -0.361 e. The topological polar surface area (TPSA) is 107 Å². The molecule has 6 N–H and O–H groups in total. The van der Waals surface area contributed by atoms with E-state index < -0.39 is 17.6 Å². The Morgan fingerprint density at radius 2 is 1.70 bits per heavy atom. The summed E-state index contributed by atoms with van der Waals surface area (Å²) in [5.41, 5.74) is 5.17. The minimum atomic E-state index is -2.56. The molecule has 0 saturated heterocycles. The highest BCUT2D eigenvalue weighted by molar-refractivity contribution is 4.98. The largest absolute Gasteiger partial charge is 0.361 e. The summed E-state index contributed by atoms with van der Waals surface area (Å²) in [7, 11) is 0. The SMILES string of the molecule is NC1CCC(O)(O)C1(O)O. The summed E-state index contributed by atoms with van der Waals surface area (Å²) in [6.45, 7) is 0. The molecule has 1 aliphatic rings. The molecule has 0 aliphatic heterocycles. The third-order valence-electron chi connectivity index (χ3n) is 1.91. The Labute approximate surface area is 57.7 Å². The molecule has 1 aliphatic carbocycles. The zero-order valence-corrected chi connectivity index (χ0v) is 5.36. The Bertz CT molecular complexity index is 145. The van der Waals surface area contributed by atoms with E-state index in [-0.39, 0.29) is 12.8 Å². The Morgan fingerprint density at radius 1 is 1.20 bits per heavy atom. The highest BCUT2D eigenvalue weighted by Crippen LogP contribution is 2.33. The molecule has 60 valence electrons. The molecule has 5 heteroatoms. The van der Waals surface area contributed by atoms with Crippen molar-refractivity contribution < 1.29 is 20.4 Å². The predicted octanol–water partition coefficient (Wildman–Crippen LogP) is -2.53. The first-order valence-electron chi connectivity index (χ1n) is 3.03. The highest BCUT2D eigenvalue weighted by atomic mass is 16.6. The van der Waals surface area contributed by atoms with Gasteiger partial charge in [0.1, 0.15) is 0 Å². The Morgan fingerprint density at radius 3 is 1.80 bits per heavy atom. The summed E-state index contributed by atoms with van der Waals surface area (Å²) < 4.78 is 0. The average Bonchev–Trinajstić information content (AvgIpc) is 1.94. The van der Waals surface area contributed by atoms with Crippen LogP contribution in [0.2, 0.25) is 0 Å². The van der Waals surface area contributed by atoms with E-state index in [4.69, 9.17) is 26.2 Å². The van der Waals surface area contributed by atoms with Gasteiger partial charge in [-0.3, -0.25) is 0 Å². The maximum Gasteiger partial charge on any atom is 0.234 e. The molecule has 1 fully saturated rings. The van der Waals surface area contributed by atoms with Gasteiger partial charge in [-0.25, -0.2) is 0 Å². The molecule has 0 aromatic carbocycles. The lowest BCUT2D eigenvalue weighted by Crippen LogP contribution is -2.58. The Balaban J connectivity index is 2.84. The van der Waals surface area contributed by atoms with Crippen molar-refractivity contribution in [3.05, 3.63) is 0 Å². The van der Waals surface area contributed by atoms with Crippen LogP contribution in [-0.2, 0) is 0 Å². The summed E-state index contributed by atoms with van der Waals surface area (Å²) in [5.74, 6) is -5.01. The zero-order chi connectivity index (χ0) is 7.99. The summed E-state index contributed by atoms with van der Waals surface area (Å²) in [5, 5.41) is 35.6. The van der Waals surface area contributed by atoms with Gasteiger partial charge in [-0.15, -0.1) is 0 Å². The van der Waals surface area contributed by atoms with Crippen LogP contribution in [0.5, 0.6) is 0 Å². The van der Waals surface area contributed by atoms with Crippen molar-refractivity contribution in [1.29, 1.82) is 0 Å². The second-order valence-electron chi connectivity index (χ2n) is 2.69. The summed E-state index contributed by atoms with van der Waals surface area (Å²) in [6, 6.07) is -0.984. The van der Waals surface area contributed by atoms with Gasteiger partial charge >= 0.3 is 0 Å². The van der Waals surface area contributed by atoms with Crippen molar-refractivity contribution in [3.8, 4) is 0 Å². The van der Waals surface area contributed by atoms with Crippen molar-refractivity contribution in [3.63, 3.8) is 0 Å². The van der Waals surface area contributed by atoms with Crippen molar-refractivity contribution >= 4 is 0 Å². The number of hydrogen-bond acceptors (Lipinski definition) is 5. The predicted molar refractivity (Wildman–Crippen MR) is 31.5 cm³/mol. The third kappa shape index (κ3) is 0.834. The number of nitrogens with two attached hydrogens (primary N) is 1. The molecule has 0 radical (unpaired) electrons. The molecule has 5 nitrogen and oxygen atoms in total. The van der Waals surface area contributed by atoms with Crippen LogP contribution in [0.3, 0.4) is 0 Å². The first-order chi connectivity index (χ1) is 4.38. The van der Waals surface area contributed by atoms with Crippen molar-refractivity contribution in [2.75, 3.05) is 0 Å². The lowest BCUT2D eigenvalue weighted by atomic mass is 10.1. The normalized spacial score (nSPS) is 36.3. The van der Waals surface area contributed by atoms with E-state index >= 15 is 0 Å². The van der Waals surface area contributed by atoms with E-state index in [2.05, 4.69) is 0 Å². The van der Waals surface area contributed by atoms with E-state index in [0.717, 1.165) is 0 Å². The second kappa shape index (κ2) is 1.90. The molecule has 10 heavy (non-hydrogen) atoms. The molecular weight excluding hydrogens is 138 g/mol. The quantitative estimate of drug-likeness (QED) is 0.244. The fraction of sp³-hybridized carbons (Fsp3) is 1.00. The maximum absolute atomic E-state index is 8.92. The molecule has 0 aromatic rings. The van der Waals surface area contributed by atoms with Gasteiger partial charge in [0, 0.05) is 6.42 Å². The molecule has 0 heterocycles. The van der Waals surface area contributed by atoms with Crippen molar-refractivity contribution in [1.82, 2.24) is 0 Å². The number of rotatable bonds is 0. The van der Waals surface area contributed by atoms with Gasteiger partial charge in [0.25, 0.3) is 0 Å². The van der Waals surface area contributed by atoms with Crippen LogP contribution in [-0.4, -0.2) is 38.0 Å². The molecule has 0 bridgehead atoms. The molecule has 0 amide bonds. The van der Waals surface area contributed by atoms with Gasteiger partial charge in [0.05, 0.1) is 6.04 Å². The number of hydrogen-bond donors (Lipinski definition) is 5. The van der Waals surface area contributed by atoms with Gasteiger partial charge in [-0.1, -0.05) is 0 Å². The highest BCUT2D eigenvalue weighted by Gasteiger charge is 2.56. The van der Waals surface area contributed by atoms with Crippen LogP contribution < -0.4 is 5.73 Å². The summed E-state index contributed by atoms with van der Waals surface area (Å²) >= 11 is 0. The van der Waals surface area contributed by atoms with E-state index in [0.29, 0.717) is 0 Å². The average molecular weight is 149 g/mol. The van der Waals surface area contributed by atoms with Crippen LogP contribution in [0, 0.1) is 0 Å².